The van der Waals surface area contributed by atoms with Crippen LogP contribution in [-0.4, -0.2) is 12.2 Å². The molecule has 8 heteroatoms. The fourth-order valence-corrected chi connectivity index (χ4v) is 1.85. The molecule has 0 aliphatic carbocycles. The van der Waals surface area contributed by atoms with Gasteiger partial charge in [-0.3, -0.25) is 0 Å². The molecule has 0 saturated carbocycles. The van der Waals surface area contributed by atoms with Crippen LogP contribution in [0.5, 0.6) is 0 Å². The van der Waals surface area contributed by atoms with Gasteiger partial charge in [0.15, 0.2) is 0 Å². The van der Waals surface area contributed by atoms with Gasteiger partial charge in [0, 0.05) is 0 Å². The average molecular weight is 325 g/mol. The summed E-state index contributed by atoms with van der Waals surface area (Å²) in [7, 11) is 0. The summed E-state index contributed by atoms with van der Waals surface area (Å²) in [5, 5.41) is 3.55. The summed E-state index contributed by atoms with van der Waals surface area (Å²) in [4.78, 5) is 10.4. The number of primary amides is 1. The Morgan fingerprint density at radius 1 is 1.09 bits per heavy atom. The standard InChI is InChI=1S/C15H11F4N3O/c16-13-6-5-11(7-12(13)15(17,18)19)10-3-1-9(2-4-10)8-21-22-14(20)23/h1-8H,(H3,20,22,23). The van der Waals surface area contributed by atoms with Crippen LogP contribution in [0.4, 0.5) is 22.4 Å². The van der Waals surface area contributed by atoms with E-state index in [0.717, 1.165) is 12.1 Å². The van der Waals surface area contributed by atoms with Crippen molar-refractivity contribution in [1.82, 2.24) is 5.43 Å². The van der Waals surface area contributed by atoms with Crippen LogP contribution in [0.3, 0.4) is 0 Å². The number of alkyl halides is 3. The molecule has 120 valence electrons. The largest absolute Gasteiger partial charge is 0.419 e. The second-order valence-corrected chi connectivity index (χ2v) is 4.55. The molecule has 0 aliphatic rings. The fourth-order valence-electron chi connectivity index (χ4n) is 1.85. The molecule has 0 unspecified atom stereocenters. The van der Waals surface area contributed by atoms with Gasteiger partial charge in [0.25, 0.3) is 0 Å². The quantitative estimate of drug-likeness (QED) is 0.506. The van der Waals surface area contributed by atoms with Crippen molar-refractivity contribution in [2.45, 2.75) is 6.18 Å². The van der Waals surface area contributed by atoms with Crippen LogP contribution in [0.2, 0.25) is 0 Å². The maximum absolute atomic E-state index is 13.3. The highest BCUT2D eigenvalue weighted by atomic mass is 19.4. The monoisotopic (exact) mass is 325 g/mol. The predicted molar refractivity (Wildman–Crippen MR) is 77.2 cm³/mol. The minimum Gasteiger partial charge on any atom is -0.350 e. The van der Waals surface area contributed by atoms with Gasteiger partial charge in [0.2, 0.25) is 0 Å². The number of nitrogens with two attached hydrogens (primary N) is 1. The SMILES string of the molecule is NC(=O)NN=Cc1ccc(-c2ccc(F)c(C(F)(F)F)c2)cc1. The summed E-state index contributed by atoms with van der Waals surface area (Å²) >= 11 is 0. The van der Waals surface area contributed by atoms with Crippen molar-refractivity contribution in [1.29, 1.82) is 0 Å². The molecular formula is C15H11F4N3O. The fraction of sp³-hybridized carbons (Fsp3) is 0.0667. The van der Waals surface area contributed by atoms with Crippen LogP contribution in [0, 0.1) is 5.82 Å². The maximum atomic E-state index is 13.3. The number of amides is 2. The van der Waals surface area contributed by atoms with Gasteiger partial charge in [-0.15, -0.1) is 0 Å². The van der Waals surface area contributed by atoms with E-state index in [2.05, 4.69) is 5.10 Å². The number of hydrogen-bond donors (Lipinski definition) is 2. The normalized spacial score (nSPS) is 11.7. The van der Waals surface area contributed by atoms with Crippen molar-refractivity contribution < 1.29 is 22.4 Å². The Morgan fingerprint density at radius 3 is 2.26 bits per heavy atom. The number of rotatable bonds is 3. The number of nitrogens with one attached hydrogen (secondary N) is 1. The Balaban J connectivity index is 2.26. The molecule has 4 nitrogen and oxygen atoms in total. The highest BCUT2D eigenvalue weighted by molar-refractivity contribution is 5.82. The van der Waals surface area contributed by atoms with E-state index < -0.39 is 23.6 Å². The van der Waals surface area contributed by atoms with E-state index in [1.54, 1.807) is 24.3 Å². The highest BCUT2D eigenvalue weighted by Crippen LogP contribution is 2.34. The lowest BCUT2D eigenvalue weighted by molar-refractivity contribution is -0.139. The second kappa shape index (κ2) is 6.47. The summed E-state index contributed by atoms with van der Waals surface area (Å²) < 4.78 is 51.4. The number of urea groups is 1. The summed E-state index contributed by atoms with van der Waals surface area (Å²) in [5.41, 5.74) is 6.84. The average Bonchev–Trinajstić information content (AvgIpc) is 2.47. The van der Waals surface area contributed by atoms with E-state index in [4.69, 9.17) is 5.73 Å². The zero-order valence-corrected chi connectivity index (χ0v) is 11.6. The zero-order chi connectivity index (χ0) is 17.0. The summed E-state index contributed by atoms with van der Waals surface area (Å²) in [5.74, 6) is -1.32. The molecule has 0 aromatic heterocycles. The first-order valence-electron chi connectivity index (χ1n) is 6.33. The third-order valence-electron chi connectivity index (χ3n) is 2.90. The molecule has 2 rings (SSSR count). The van der Waals surface area contributed by atoms with E-state index in [0.29, 0.717) is 11.1 Å². The maximum Gasteiger partial charge on any atom is 0.419 e. The lowest BCUT2D eigenvalue weighted by atomic mass is 10.0. The van der Waals surface area contributed by atoms with Crippen molar-refractivity contribution in [3.63, 3.8) is 0 Å². The number of carbonyl (C=O) groups is 1. The van der Waals surface area contributed by atoms with E-state index in [9.17, 15) is 22.4 Å². The van der Waals surface area contributed by atoms with Gasteiger partial charge in [-0.2, -0.15) is 18.3 Å². The molecular weight excluding hydrogens is 314 g/mol. The van der Waals surface area contributed by atoms with Crippen molar-refractivity contribution >= 4 is 12.2 Å². The minimum absolute atomic E-state index is 0.234. The molecule has 0 saturated heterocycles. The topological polar surface area (TPSA) is 67.5 Å². The number of hydrogen-bond acceptors (Lipinski definition) is 2. The number of hydrazone groups is 1. The van der Waals surface area contributed by atoms with E-state index in [1.165, 1.54) is 12.3 Å². The second-order valence-electron chi connectivity index (χ2n) is 4.55. The Morgan fingerprint density at radius 2 is 1.70 bits per heavy atom. The number of carbonyl (C=O) groups excluding carboxylic acids is 1. The van der Waals surface area contributed by atoms with Crippen molar-refractivity contribution in [2.75, 3.05) is 0 Å². The molecule has 0 spiro atoms. The van der Waals surface area contributed by atoms with E-state index in [1.807, 2.05) is 5.43 Å². The van der Waals surface area contributed by atoms with Crippen LogP contribution in [0.1, 0.15) is 11.1 Å². The first-order chi connectivity index (χ1) is 10.8. The molecule has 2 aromatic carbocycles. The van der Waals surface area contributed by atoms with Gasteiger partial charge in [-0.05, 0) is 28.8 Å². The smallest absolute Gasteiger partial charge is 0.350 e. The molecule has 0 heterocycles. The lowest BCUT2D eigenvalue weighted by Crippen LogP contribution is -2.24. The highest BCUT2D eigenvalue weighted by Gasteiger charge is 2.34. The molecule has 0 bridgehead atoms. The molecule has 0 fully saturated rings. The minimum atomic E-state index is -4.76. The molecule has 0 atom stereocenters. The summed E-state index contributed by atoms with van der Waals surface area (Å²) in [6, 6.07) is 8.26. The Labute approximate surface area is 128 Å². The first-order valence-corrected chi connectivity index (χ1v) is 6.33. The van der Waals surface area contributed by atoms with E-state index in [-0.39, 0.29) is 5.56 Å². The number of benzene rings is 2. The summed E-state index contributed by atoms with van der Waals surface area (Å²) in [6.45, 7) is 0. The van der Waals surface area contributed by atoms with Gasteiger partial charge in [-0.1, -0.05) is 30.3 Å². The first kappa shape index (κ1) is 16.5. The third kappa shape index (κ3) is 4.29. The van der Waals surface area contributed by atoms with Crippen molar-refractivity contribution in [3.8, 4) is 11.1 Å². The van der Waals surface area contributed by atoms with Gasteiger partial charge < -0.3 is 5.73 Å². The zero-order valence-electron chi connectivity index (χ0n) is 11.6. The van der Waals surface area contributed by atoms with Crippen LogP contribution >= 0.6 is 0 Å². The molecule has 2 amide bonds. The van der Waals surface area contributed by atoms with E-state index >= 15 is 0 Å². The third-order valence-corrected chi connectivity index (χ3v) is 2.90. The van der Waals surface area contributed by atoms with Gasteiger partial charge in [0.1, 0.15) is 5.82 Å². The molecule has 0 aliphatic heterocycles. The summed E-state index contributed by atoms with van der Waals surface area (Å²) in [6.07, 6.45) is -3.44. The van der Waals surface area contributed by atoms with Crippen molar-refractivity contribution in [2.24, 2.45) is 10.8 Å². The van der Waals surface area contributed by atoms with Crippen LogP contribution in [-0.2, 0) is 6.18 Å². The van der Waals surface area contributed by atoms with Gasteiger partial charge in [-0.25, -0.2) is 14.6 Å². The van der Waals surface area contributed by atoms with Gasteiger partial charge in [0.05, 0.1) is 11.8 Å². The van der Waals surface area contributed by atoms with Gasteiger partial charge >= 0.3 is 12.2 Å². The number of halogens is 4. The molecule has 3 N–H and O–H groups in total. The molecule has 23 heavy (non-hydrogen) atoms. The van der Waals surface area contributed by atoms with Crippen LogP contribution < -0.4 is 11.2 Å². The Bertz CT molecular complexity index is 739. The predicted octanol–water partition coefficient (Wildman–Crippen LogP) is 3.51. The van der Waals surface area contributed by atoms with Crippen LogP contribution in [0.25, 0.3) is 11.1 Å². The Hall–Kier alpha value is -2.90. The van der Waals surface area contributed by atoms with Crippen LogP contribution in [0.15, 0.2) is 47.6 Å². The lowest BCUT2D eigenvalue weighted by Gasteiger charge is -2.10. The number of nitrogens with zero attached hydrogens (tertiary/aromatic N) is 1. The van der Waals surface area contributed by atoms with Crippen molar-refractivity contribution in [3.05, 3.63) is 59.4 Å². The molecule has 0 radical (unpaired) electrons. The Kier molecular flexibility index (Phi) is 4.63. The molecule has 2 aromatic rings.